The minimum Gasteiger partial charge on any atom is -0.379 e. The first-order valence-corrected chi connectivity index (χ1v) is 7.84. The second-order valence-corrected chi connectivity index (χ2v) is 6.37. The molecular formula is C10H17N5O3S. The predicted octanol–water partition coefficient (Wildman–Crippen LogP) is -0.720. The van der Waals surface area contributed by atoms with Crippen molar-refractivity contribution in [2.24, 2.45) is 0 Å². The highest BCUT2D eigenvalue weighted by Crippen LogP contribution is 2.23. The molecule has 0 aliphatic carbocycles. The highest BCUT2D eigenvalue weighted by molar-refractivity contribution is 7.87. The van der Waals surface area contributed by atoms with E-state index in [4.69, 9.17) is 4.74 Å². The summed E-state index contributed by atoms with van der Waals surface area (Å²) in [5, 5.41) is 4.09. The number of hydrogen-bond acceptors (Lipinski definition) is 5. The Balaban J connectivity index is 1.75. The first-order chi connectivity index (χ1) is 9.17. The largest absolute Gasteiger partial charge is 0.379 e. The molecular weight excluding hydrogens is 270 g/mol. The summed E-state index contributed by atoms with van der Waals surface area (Å²) < 4.78 is 35.7. The average Bonchev–Trinajstić information content (AvgIpc) is 2.89. The van der Waals surface area contributed by atoms with Gasteiger partial charge in [0.2, 0.25) is 0 Å². The summed E-state index contributed by atoms with van der Waals surface area (Å²) >= 11 is 0. The molecule has 1 unspecified atom stereocenters. The van der Waals surface area contributed by atoms with Crippen LogP contribution in [0.15, 0.2) is 6.33 Å². The Morgan fingerprint density at radius 2 is 2.11 bits per heavy atom. The fourth-order valence-corrected chi connectivity index (χ4v) is 3.80. The van der Waals surface area contributed by atoms with Gasteiger partial charge in [0.05, 0.1) is 19.3 Å². The lowest BCUT2D eigenvalue weighted by molar-refractivity contribution is 0.0722. The van der Waals surface area contributed by atoms with Crippen molar-refractivity contribution < 1.29 is 13.2 Å². The molecule has 0 spiro atoms. The van der Waals surface area contributed by atoms with E-state index in [1.807, 2.05) is 0 Å². The van der Waals surface area contributed by atoms with E-state index in [0.29, 0.717) is 32.1 Å². The van der Waals surface area contributed by atoms with Crippen LogP contribution in [0.4, 0.5) is 0 Å². The second kappa shape index (κ2) is 5.16. The van der Waals surface area contributed by atoms with Gasteiger partial charge < -0.3 is 4.74 Å². The lowest BCUT2D eigenvalue weighted by Crippen LogP contribution is -2.48. The summed E-state index contributed by atoms with van der Waals surface area (Å²) in [7, 11) is -3.48. The van der Waals surface area contributed by atoms with Crippen LogP contribution in [0.3, 0.4) is 0 Å². The van der Waals surface area contributed by atoms with Crippen molar-refractivity contribution >= 4 is 10.2 Å². The van der Waals surface area contributed by atoms with E-state index in [-0.39, 0.29) is 6.04 Å². The topological polar surface area (TPSA) is 89.3 Å². The lowest BCUT2D eigenvalue weighted by Gasteiger charge is -2.29. The van der Waals surface area contributed by atoms with Crippen molar-refractivity contribution in [3.8, 4) is 0 Å². The first-order valence-electron chi connectivity index (χ1n) is 6.40. The van der Waals surface area contributed by atoms with Gasteiger partial charge in [-0.1, -0.05) is 0 Å². The van der Waals surface area contributed by atoms with Crippen LogP contribution in [0, 0.1) is 0 Å². The van der Waals surface area contributed by atoms with Crippen molar-refractivity contribution in [1.82, 2.24) is 23.8 Å². The predicted molar refractivity (Wildman–Crippen MR) is 66.4 cm³/mol. The summed E-state index contributed by atoms with van der Waals surface area (Å²) in [4.78, 5) is 4.15. The van der Waals surface area contributed by atoms with Crippen molar-refractivity contribution in [3.63, 3.8) is 0 Å². The summed E-state index contributed by atoms with van der Waals surface area (Å²) in [5.74, 6) is 0.697. The number of nitrogens with one attached hydrogen (secondary N) is 1. The van der Waals surface area contributed by atoms with E-state index >= 15 is 0 Å². The van der Waals surface area contributed by atoms with Crippen LogP contribution in [-0.4, -0.2) is 53.8 Å². The molecule has 106 valence electrons. The molecule has 1 aromatic heterocycles. The number of fused-ring (bicyclic) bond motifs is 1. The molecule has 0 amide bonds. The molecule has 2 aliphatic heterocycles. The summed E-state index contributed by atoms with van der Waals surface area (Å²) in [6, 6.07) is -0.288. The van der Waals surface area contributed by atoms with Crippen molar-refractivity contribution in [2.75, 3.05) is 26.3 Å². The molecule has 3 heterocycles. The lowest BCUT2D eigenvalue weighted by atomic mass is 10.1. The molecule has 1 aromatic rings. The zero-order chi connectivity index (χ0) is 13.3. The number of morpholine rings is 1. The van der Waals surface area contributed by atoms with Gasteiger partial charge in [-0.3, -0.25) is 0 Å². The molecule has 9 heteroatoms. The van der Waals surface area contributed by atoms with Crippen LogP contribution in [0.5, 0.6) is 0 Å². The van der Waals surface area contributed by atoms with E-state index in [1.54, 1.807) is 4.68 Å². The van der Waals surface area contributed by atoms with Crippen molar-refractivity contribution in [1.29, 1.82) is 0 Å². The van der Waals surface area contributed by atoms with Gasteiger partial charge >= 0.3 is 0 Å². The van der Waals surface area contributed by atoms with Crippen molar-refractivity contribution in [3.05, 3.63) is 12.2 Å². The van der Waals surface area contributed by atoms with E-state index in [9.17, 15) is 8.42 Å². The van der Waals surface area contributed by atoms with Gasteiger partial charge in [0, 0.05) is 19.6 Å². The van der Waals surface area contributed by atoms with E-state index in [2.05, 4.69) is 14.8 Å². The molecule has 1 saturated heterocycles. The molecule has 0 aromatic carbocycles. The van der Waals surface area contributed by atoms with Gasteiger partial charge in [0.1, 0.15) is 12.2 Å². The van der Waals surface area contributed by atoms with Crippen LogP contribution in [0.25, 0.3) is 0 Å². The molecule has 3 rings (SSSR count). The normalized spacial score (nSPS) is 25.2. The van der Waals surface area contributed by atoms with Gasteiger partial charge in [0.25, 0.3) is 10.2 Å². The van der Waals surface area contributed by atoms with Crippen molar-refractivity contribution in [2.45, 2.75) is 25.4 Å². The SMILES string of the molecule is O=S(=O)(NC1CCCn2ncnc21)N1CCOCC1. The minimum atomic E-state index is -3.48. The van der Waals surface area contributed by atoms with Gasteiger partial charge in [-0.2, -0.15) is 22.5 Å². The van der Waals surface area contributed by atoms with E-state index < -0.39 is 10.2 Å². The van der Waals surface area contributed by atoms with Crippen LogP contribution >= 0.6 is 0 Å². The Morgan fingerprint density at radius 1 is 1.32 bits per heavy atom. The molecule has 1 atom stereocenters. The molecule has 1 N–H and O–H groups in total. The summed E-state index contributed by atoms with van der Waals surface area (Å²) in [6.07, 6.45) is 3.12. The maximum Gasteiger partial charge on any atom is 0.280 e. The third-order valence-corrected chi connectivity index (χ3v) is 5.05. The maximum absolute atomic E-state index is 12.3. The fraction of sp³-hybridized carbons (Fsp3) is 0.800. The molecule has 19 heavy (non-hydrogen) atoms. The van der Waals surface area contributed by atoms with Crippen LogP contribution in [0.2, 0.25) is 0 Å². The number of hydrogen-bond donors (Lipinski definition) is 1. The first kappa shape index (κ1) is 13.0. The Hall–Kier alpha value is -1.03. The van der Waals surface area contributed by atoms with Gasteiger partial charge in [-0.05, 0) is 12.8 Å². The summed E-state index contributed by atoms with van der Waals surface area (Å²) in [5.41, 5.74) is 0. The monoisotopic (exact) mass is 287 g/mol. The second-order valence-electron chi connectivity index (χ2n) is 4.67. The number of rotatable bonds is 3. The van der Waals surface area contributed by atoms with Gasteiger partial charge in [-0.15, -0.1) is 0 Å². The zero-order valence-electron chi connectivity index (χ0n) is 10.5. The number of aryl methyl sites for hydroxylation is 1. The number of ether oxygens (including phenoxy) is 1. The molecule has 1 fully saturated rings. The third-order valence-electron chi connectivity index (χ3n) is 3.42. The molecule has 0 radical (unpaired) electrons. The highest BCUT2D eigenvalue weighted by atomic mass is 32.2. The maximum atomic E-state index is 12.3. The molecule has 0 bridgehead atoms. The Labute approximate surface area is 111 Å². The molecule has 8 nitrogen and oxygen atoms in total. The molecule has 0 saturated carbocycles. The highest BCUT2D eigenvalue weighted by Gasteiger charge is 2.31. The molecule has 2 aliphatic rings. The van der Waals surface area contributed by atoms with Gasteiger partial charge in [0.15, 0.2) is 0 Å². The Kier molecular flexibility index (Phi) is 3.52. The van der Waals surface area contributed by atoms with Crippen LogP contribution in [-0.2, 0) is 21.5 Å². The van der Waals surface area contributed by atoms with Crippen LogP contribution in [0.1, 0.15) is 24.7 Å². The smallest absolute Gasteiger partial charge is 0.280 e. The van der Waals surface area contributed by atoms with E-state index in [0.717, 1.165) is 19.4 Å². The average molecular weight is 287 g/mol. The van der Waals surface area contributed by atoms with Crippen LogP contribution < -0.4 is 4.72 Å². The zero-order valence-corrected chi connectivity index (χ0v) is 11.3. The quantitative estimate of drug-likeness (QED) is 0.792. The Morgan fingerprint density at radius 3 is 2.89 bits per heavy atom. The number of aromatic nitrogens is 3. The Bertz CT molecular complexity index is 537. The third kappa shape index (κ3) is 2.64. The standard InChI is InChI=1S/C10H17N5O3S/c16-19(17,14-4-6-18-7-5-14)13-9-2-1-3-15-10(9)11-8-12-15/h8-9,13H,1-7H2. The van der Waals surface area contributed by atoms with E-state index in [1.165, 1.54) is 10.6 Å². The number of nitrogens with zero attached hydrogens (tertiary/aromatic N) is 4. The summed E-state index contributed by atoms with van der Waals surface area (Å²) in [6.45, 7) is 2.48. The minimum absolute atomic E-state index is 0.288. The fourth-order valence-electron chi connectivity index (χ4n) is 2.44. The van der Waals surface area contributed by atoms with Gasteiger partial charge in [-0.25, -0.2) is 9.67 Å².